The Bertz CT molecular complexity index is 1460. The van der Waals surface area contributed by atoms with Gasteiger partial charge >= 0.3 is 0 Å². The minimum Gasteiger partial charge on any atom is -0.507 e. The van der Waals surface area contributed by atoms with Crippen LogP contribution in [-0.4, -0.2) is 65.2 Å². The van der Waals surface area contributed by atoms with E-state index in [9.17, 15) is 39.0 Å². The number of Topliss-reactive ketones (excluding diaryl/α,β-unsaturated/α-hetero) is 4. The summed E-state index contributed by atoms with van der Waals surface area (Å²) >= 11 is 0. The van der Waals surface area contributed by atoms with Crippen molar-refractivity contribution < 1.29 is 39.0 Å². The molecule has 0 aromatic heterocycles. The molecule has 3 aliphatic rings. The summed E-state index contributed by atoms with van der Waals surface area (Å²) in [5.41, 5.74) is 4.68. The molecule has 0 spiro atoms. The van der Waals surface area contributed by atoms with Crippen LogP contribution in [0.3, 0.4) is 0 Å². The molecule has 2 saturated carbocycles. The minimum absolute atomic E-state index is 0.0256. The van der Waals surface area contributed by atoms with Crippen LogP contribution in [0.4, 0.5) is 5.69 Å². The van der Waals surface area contributed by atoms with Gasteiger partial charge in [0.2, 0.25) is 5.91 Å². The van der Waals surface area contributed by atoms with Gasteiger partial charge in [-0.25, -0.2) is 0 Å². The Labute approximate surface area is 217 Å². The second kappa shape index (κ2) is 8.70. The first-order valence-corrected chi connectivity index (χ1v) is 12.2. The van der Waals surface area contributed by atoms with E-state index < -0.39 is 58.3 Å². The third kappa shape index (κ3) is 3.43. The number of primary amides is 1. The van der Waals surface area contributed by atoms with Gasteiger partial charge in [0, 0.05) is 43.2 Å². The molecule has 38 heavy (non-hydrogen) atoms. The van der Waals surface area contributed by atoms with Gasteiger partial charge in [0.15, 0.2) is 34.7 Å². The van der Waals surface area contributed by atoms with Gasteiger partial charge in [0.1, 0.15) is 12.0 Å². The van der Waals surface area contributed by atoms with Crippen molar-refractivity contribution in [2.75, 3.05) is 19.0 Å². The molecule has 2 unspecified atom stereocenters. The van der Waals surface area contributed by atoms with Gasteiger partial charge in [0.05, 0.1) is 11.5 Å². The molecule has 4 N–H and O–H groups in total. The Morgan fingerprint density at radius 1 is 1.11 bits per heavy atom. The summed E-state index contributed by atoms with van der Waals surface area (Å²) in [6.45, 7) is 0. The van der Waals surface area contributed by atoms with E-state index in [4.69, 9.17) is 5.73 Å². The Morgan fingerprint density at radius 2 is 1.82 bits per heavy atom. The van der Waals surface area contributed by atoms with Gasteiger partial charge in [-0.2, -0.15) is 0 Å². The van der Waals surface area contributed by atoms with Crippen molar-refractivity contribution in [1.29, 1.82) is 0 Å². The van der Waals surface area contributed by atoms with Gasteiger partial charge in [0.25, 0.3) is 0 Å². The number of aliphatic hydroxyl groups is 1. The molecule has 0 radical (unpaired) electrons. The number of hydrogen-bond donors (Lipinski definition) is 3. The van der Waals surface area contributed by atoms with Crippen LogP contribution in [0, 0.1) is 23.7 Å². The number of aromatic hydroxyl groups is 1. The van der Waals surface area contributed by atoms with Crippen LogP contribution in [0.2, 0.25) is 0 Å². The zero-order valence-corrected chi connectivity index (χ0v) is 20.8. The summed E-state index contributed by atoms with van der Waals surface area (Å²) < 4.78 is 0. The maximum Gasteiger partial charge on any atom is 0.235 e. The number of aldehydes is 1. The van der Waals surface area contributed by atoms with Crippen molar-refractivity contribution in [1.82, 2.24) is 0 Å². The molecule has 0 heterocycles. The van der Waals surface area contributed by atoms with Gasteiger partial charge in [-0.15, -0.1) is 0 Å². The second-order valence-corrected chi connectivity index (χ2v) is 10.5. The molecule has 5 rings (SSSR count). The fourth-order valence-corrected chi connectivity index (χ4v) is 6.41. The Hall–Kier alpha value is -4.18. The zero-order chi connectivity index (χ0) is 27.7. The predicted molar refractivity (Wildman–Crippen MR) is 134 cm³/mol. The van der Waals surface area contributed by atoms with Crippen molar-refractivity contribution in [3.8, 4) is 16.9 Å². The van der Waals surface area contributed by atoms with Crippen molar-refractivity contribution >= 4 is 41.0 Å². The smallest absolute Gasteiger partial charge is 0.235 e. The van der Waals surface area contributed by atoms with Gasteiger partial charge in [-0.05, 0) is 42.0 Å². The SMILES string of the molecule is CN(C)c1cc(-c2cccc(C=O)c2)c(O)c2c1C[C@H]1C[C@H]3CC(=O)C(C(N)=O)C(=O)[C@@]3(O)C(=O)C1C2=O. The van der Waals surface area contributed by atoms with Gasteiger partial charge in [-0.3, -0.25) is 28.8 Å². The molecule has 0 saturated heterocycles. The van der Waals surface area contributed by atoms with Crippen molar-refractivity contribution in [2.45, 2.75) is 24.9 Å². The molecule has 2 aromatic rings. The van der Waals surface area contributed by atoms with Gasteiger partial charge in [-0.1, -0.05) is 18.2 Å². The van der Waals surface area contributed by atoms with E-state index in [0.717, 1.165) is 0 Å². The number of amides is 1. The lowest BCUT2D eigenvalue weighted by molar-refractivity contribution is -0.175. The van der Waals surface area contributed by atoms with E-state index in [1.807, 2.05) is 0 Å². The van der Waals surface area contributed by atoms with E-state index in [-0.39, 0.29) is 36.1 Å². The summed E-state index contributed by atoms with van der Waals surface area (Å²) in [7, 11) is 3.53. The van der Waals surface area contributed by atoms with E-state index in [1.165, 1.54) is 0 Å². The quantitative estimate of drug-likeness (QED) is 0.392. The summed E-state index contributed by atoms with van der Waals surface area (Å²) in [6, 6.07) is 8.17. The van der Waals surface area contributed by atoms with Crippen LogP contribution >= 0.6 is 0 Å². The normalized spacial score (nSPS) is 28.3. The first-order chi connectivity index (χ1) is 17.9. The fourth-order valence-electron chi connectivity index (χ4n) is 6.41. The molecule has 1 amide bonds. The van der Waals surface area contributed by atoms with Crippen LogP contribution in [0.5, 0.6) is 5.75 Å². The highest BCUT2D eigenvalue weighted by atomic mass is 16.3. The molecule has 10 heteroatoms. The van der Waals surface area contributed by atoms with E-state index in [0.29, 0.717) is 28.7 Å². The third-order valence-corrected chi connectivity index (χ3v) is 8.19. The van der Waals surface area contributed by atoms with Crippen LogP contribution in [-0.2, 0) is 25.6 Å². The maximum absolute atomic E-state index is 13.9. The van der Waals surface area contributed by atoms with Crippen LogP contribution in [0.25, 0.3) is 11.1 Å². The number of benzene rings is 2. The first kappa shape index (κ1) is 25.5. The molecular formula is C28H26N2O8. The number of hydrogen-bond acceptors (Lipinski definition) is 9. The topological polar surface area (TPSA) is 172 Å². The number of carbonyl (C=O) groups excluding carboxylic acids is 6. The number of ketones is 4. The average molecular weight is 519 g/mol. The Balaban J connectivity index is 1.66. The number of anilines is 1. The summed E-state index contributed by atoms with van der Waals surface area (Å²) in [5.74, 6) is -10.6. The summed E-state index contributed by atoms with van der Waals surface area (Å²) in [6.07, 6.45) is 0.480. The lowest BCUT2D eigenvalue weighted by Crippen LogP contribution is -2.68. The summed E-state index contributed by atoms with van der Waals surface area (Å²) in [4.78, 5) is 78.1. The minimum atomic E-state index is -2.70. The molecule has 10 nitrogen and oxygen atoms in total. The number of carbonyl (C=O) groups is 6. The molecule has 3 aliphatic carbocycles. The number of phenols is 1. The predicted octanol–water partition coefficient (Wildman–Crippen LogP) is 0.872. The Morgan fingerprint density at radius 3 is 2.45 bits per heavy atom. The van der Waals surface area contributed by atoms with Crippen LogP contribution in [0.1, 0.15) is 39.1 Å². The molecule has 0 bridgehead atoms. The number of rotatable bonds is 4. The average Bonchev–Trinajstić information content (AvgIpc) is 2.86. The summed E-state index contributed by atoms with van der Waals surface area (Å²) in [5, 5.41) is 22.7. The van der Waals surface area contributed by atoms with Crippen molar-refractivity contribution in [3.05, 3.63) is 47.0 Å². The molecule has 196 valence electrons. The van der Waals surface area contributed by atoms with E-state index >= 15 is 0 Å². The highest BCUT2D eigenvalue weighted by molar-refractivity contribution is 6.31. The zero-order valence-electron chi connectivity index (χ0n) is 20.8. The third-order valence-electron chi connectivity index (χ3n) is 8.19. The Kier molecular flexibility index (Phi) is 5.83. The molecule has 0 aliphatic heterocycles. The lowest BCUT2D eigenvalue weighted by atomic mass is 9.53. The largest absolute Gasteiger partial charge is 0.507 e. The number of phenolic OH excluding ortho intramolecular Hbond substituents is 1. The lowest BCUT2D eigenvalue weighted by Gasteiger charge is -2.48. The van der Waals surface area contributed by atoms with Gasteiger partial charge < -0.3 is 20.8 Å². The van der Waals surface area contributed by atoms with Crippen LogP contribution < -0.4 is 10.6 Å². The van der Waals surface area contributed by atoms with E-state index in [1.54, 1.807) is 49.3 Å². The maximum atomic E-state index is 13.9. The van der Waals surface area contributed by atoms with Crippen molar-refractivity contribution in [2.24, 2.45) is 29.4 Å². The molecule has 2 fully saturated rings. The number of fused-ring (bicyclic) bond motifs is 3. The van der Waals surface area contributed by atoms with Crippen molar-refractivity contribution in [3.63, 3.8) is 0 Å². The number of nitrogens with two attached hydrogens (primary N) is 1. The standard InChI is InChI=1S/C28H26N2O8/c1-30(2)18-10-16(13-5-3-4-12(6-13)11-31)23(33)21-17(18)8-14-7-15-9-19(32)22(27(29)37)26(36)28(15,38)25(35)20(14)24(21)34/h3-6,10-11,14-15,20,22,33,38H,7-9H2,1-2H3,(H2,29,37)/t14-,15+,20?,22?,28+/m1/s1. The molecule has 2 aromatic carbocycles. The highest BCUT2D eigenvalue weighted by Gasteiger charge is 2.66. The number of nitrogens with zero attached hydrogens (tertiary/aromatic N) is 1. The van der Waals surface area contributed by atoms with Crippen LogP contribution in [0.15, 0.2) is 30.3 Å². The first-order valence-electron chi connectivity index (χ1n) is 12.2. The molecular weight excluding hydrogens is 492 g/mol. The molecule has 5 atom stereocenters. The highest BCUT2D eigenvalue weighted by Crippen LogP contribution is 2.52. The monoisotopic (exact) mass is 518 g/mol. The van der Waals surface area contributed by atoms with E-state index in [2.05, 4.69) is 0 Å². The fraction of sp³-hybridized carbons (Fsp3) is 0.357. The second-order valence-electron chi connectivity index (χ2n) is 10.5.